The molecule has 0 amide bonds. The fourth-order valence-electron chi connectivity index (χ4n) is 20.8. The van der Waals surface area contributed by atoms with Crippen LogP contribution in [0.25, 0.3) is 187 Å². The van der Waals surface area contributed by atoms with Crippen molar-refractivity contribution in [2.75, 3.05) is 14.7 Å². The maximum absolute atomic E-state index is 6.71. The molecule has 6 heteroatoms. The first-order valence-electron chi connectivity index (χ1n) is 46.3. The van der Waals surface area contributed by atoms with Gasteiger partial charge in [0.2, 0.25) is 0 Å². The van der Waals surface area contributed by atoms with Gasteiger partial charge in [-0.15, -0.1) is 0 Å². The predicted octanol–water partition coefficient (Wildman–Crippen LogP) is 36.9. The number of rotatable bonds is 16. The van der Waals surface area contributed by atoms with Gasteiger partial charge in [0.15, 0.2) is 16.7 Å². The summed E-state index contributed by atoms with van der Waals surface area (Å²) in [6.07, 6.45) is 0. The summed E-state index contributed by atoms with van der Waals surface area (Å²) in [5.41, 5.74) is 37.1. The lowest BCUT2D eigenvalue weighted by atomic mass is 9.82. The minimum Gasteiger partial charge on any atom is -0.454 e. The summed E-state index contributed by atoms with van der Waals surface area (Å²) in [5.74, 6) is 0. The van der Waals surface area contributed by atoms with Crippen LogP contribution in [0.5, 0.6) is 0 Å². The van der Waals surface area contributed by atoms with E-state index in [0.29, 0.717) is 0 Å². The molecule has 636 valence electrons. The molecule has 1 aliphatic rings. The van der Waals surface area contributed by atoms with Crippen LogP contribution in [0.15, 0.2) is 505 Å². The first kappa shape index (κ1) is 79.6. The SMILES string of the molecule is CC1(C)c2ccccc2-c2ccc(N(c3ccc(-c4ccccc4)cc3)c3ccc4ccc5cccc6oc3c4c56)cc21.c1ccc(-c2ccc(-c3ccc(N(c4ccc(-c5ccc(-c6ccccc6)cc5)cc4)c4ccc5ccc6cccc7oc4c5c67)cc3)cc2)cc1.c1ccc(-c2ccc(N(c3ccc(-c4ccccc4)cc3)c3ccc4ccc5cccc6oc3c4c56)cc2)cc1. The van der Waals surface area contributed by atoms with E-state index in [1.165, 1.54) is 165 Å². The number of benzene rings is 23. The van der Waals surface area contributed by atoms with Gasteiger partial charge >= 0.3 is 0 Å². The van der Waals surface area contributed by atoms with E-state index in [1.807, 2.05) is 0 Å². The molecule has 0 unspecified atom stereocenters. The van der Waals surface area contributed by atoms with Crippen LogP contribution < -0.4 is 14.7 Å². The van der Waals surface area contributed by atoms with Crippen molar-refractivity contribution in [2.45, 2.75) is 19.3 Å². The van der Waals surface area contributed by atoms with Crippen molar-refractivity contribution in [1.82, 2.24) is 0 Å². The first-order valence-corrected chi connectivity index (χ1v) is 46.3. The molecule has 26 aromatic rings. The Kier molecular flexibility index (Phi) is 19.5. The van der Waals surface area contributed by atoms with Crippen LogP contribution in [-0.4, -0.2) is 0 Å². The normalized spacial score (nSPS) is 12.1. The Labute approximate surface area is 782 Å². The van der Waals surface area contributed by atoms with E-state index in [2.05, 4.69) is 520 Å². The van der Waals surface area contributed by atoms with Crippen molar-refractivity contribution in [3.63, 3.8) is 0 Å². The molecule has 0 fully saturated rings. The van der Waals surface area contributed by atoms with Crippen LogP contribution in [-0.2, 0) is 5.41 Å². The Morgan fingerprint density at radius 2 is 0.378 bits per heavy atom. The second-order valence-corrected chi connectivity index (χ2v) is 35.7. The van der Waals surface area contributed by atoms with E-state index < -0.39 is 0 Å². The van der Waals surface area contributed by atoms with Gasteiger partial charge in [-0.3, -0.25) is 0 Å². The Morgan fingerprint density at radius 1 is 0.163 bits per heavy atom. The monoisotopic (exact) mass is 1730 g/mol. The van der Waals surface area contributed by atoms with E-state index in [9.17, 15) is 0 Å². The Bertz CT molecular complexity index is 8590. The highest BCUT2D eigenvalue weighted by molar-refractivity contribution is 6.27. The molecular formula is C129H87N3O3. The standard InChI is InChI=1S/C50H33NO.C41H29NO.C38H25NO/c1-3-8-34(9-4-1)36-14-18-38(19-15-36)40-24-29-44(30-25-40)51(46-33-28-43-23-22-42-12-7-13-47-48(42)49(43)50(46)52-47)45-31-26-41(27-32-45)39-20-16-37(17-21-39)35-10-5-2-6-11-35;1-41(2)34-13-7-6-12-32(34)33-23-22-31(25-35(33)41)42(30-20-17-27(18-21-30)26-9-4-3-5-10-26)36-24-19-29-16-15-28-11-8-14-37-38(28)39(29)40(36)43-37;1-3-8-26(9-4-1)28-16-21-32(22-17-28)39(33-23-18-29(19-24-33)27-10-5-2-6-11-27)34-25-20-31-15-14-30-12-7-13-35-36(30)37(31)38(34)40-35/h1-33H;3-25H,1-2H3;1-25H. The van der Waals surface area contributed by atoms with Gasteiger partial charge in [0, 0.05) is 71.9 Å². The Hall–Kier alpha value is -17.6. The van der Waals surface area contributed by atoms with E-state index in [-0.39, 0.29) is 5.41 Å². The summed E-state index contributed by atoms with van der Waals surface area (Å²) in [6, 6.07) is 176. The zero-order chi connectivity index (χ0) is 89.6. The predicted molar refractivity (Wildman–Crippen MR) is 567 cm³/mol. The van der Waals surface area contributed by atoms with Crippen LogP contribution in [0.1, 0.15) is 25.0 Å². The molecule has 0 aliphatic heterocycles. The van der Waals surface area contributed by atoms with Crippen LogP contribution in [0, 0.1) is 0 Å². The summed E-state index contributed by atoms with van der Waals surface area (Å²) in [4.78, 5) is 7.00. The van der Waals surface area contributed by atoms with Crippen molar-refractivity contribution < 1.29 is 13.3 Å². The van der Waals surface area contributed by atoms with Crippen LogP contribution >= 0.6 is 0 Å². The van der Waals surface area contributed by atoms with Gasteiger partial charge in [0.25, 0.3) is 0 Å². The van der Waals surface area contributed by atoms with E-state index >= 15 is 0 Å². The number of furan rings is 3. The summed E-state index contributed by atoms with van der Waals surface area (Å²) >= 11 is 0. The second-order valence-electron chi connectivity index (χ2n) is 35.7. The van der Waals surface area contributed by atoms with Gasteiger partial charge in [0.1, 0.15) is 16.7 Å². The Balaban J connectivity index is 0.000000109. The molecule has 0 radical (unpaired) electrons. The first-order chi connectivity index (χ1) is 66.7. The molecule has 23 aromatic carbocycles. The van der Waals surface area contributed by atoms with E-state index in [1.54, 1.807) is 0 Å². The van der Waals surface area contributed by atoms with Crippen LogP contribution in [0.3, 0.4) is 0 Å². The highest BCUT2D eigenvalue weighted by Gasteiger charge is 2.37. The lowest BCUT2D eigenvalue weighted by Gasteiger charge is -2.28. The molecule has 1 aliphatic carbocycles. The average Bonchev–Trinajstić information content (AvgIpc) is 1.58. The van der Waals surface area contributed by atoms with Crippen molar-refractivity contribution in [2.24, 2.45) is 0 Å². The molecule has 0 spiro atoms. The summed E-state index contributed by atoms with van der Waals surface area (Å²) in [7, 11) is 0. The van der Waals surface area contributed by atoms with Crippen molar-refractivity contribution in [1.29, 1.82) is 0 Å². The fourth-order valence-corrected chi connectivity index (χ4v) is 20.8. The second kappa shape index (κ2) is 33.1. The number of nitrogens with zero attached hydrogens (tertiary/aromatic N) is 3. The highest BCUT2D eigenvalue weighted by atomic mass is 16.3. The molecular weight excluding hydrogens is 1640 g/mol. The molecule has 27 rings (SSSR count). The van der Waals surface area contributed by atoms with Gasteiger partial charge < -0.3 is 28.0 Å². The molecule has 0 atom stereocenters. The molecule has 3 aromatic heterocycles. The topological polar surface area (TPSA) is 49.1 Å². The van der Waals surface area contributed by atoms with Crippen molar-refractivity contribution in [3.8, 4) is 89.0 Å². The quantitative estimate of drug-likeness (QED) is 0.0899. The fraction of sp³-hybridized carbons (Fsp3) is 0.0233. The number of fused-ring (bicyclic) bond motifs is 3. The third-order valence-corrected chi connectivity index (χ3v) is 27.5. The van der Waals surface area contributed by atoms with E-state index in [0.717, 1.165) is 84.7 Å². The molecule has 0 bridgehead atoms. The molecule has 6 nitrogen and oxygen atoms in total. The summed E-state index contributed by atoms with van der Waals surface area (Å²) in [6.45, 7) is 4.68. The third kappa shape index (κ3) is 14.1. The average molecular weight is 1730 g/mol. The lowest BCUT2D eigenvalue weighted by Crippen LogP contribution is -2.16. The molecule has 3 heterocycles. The molecule has 0 saturated carbocycles. The number of anilines is 9. The number of hydrogen-bond acceptors (Lipinski definition) is 6. The molecule has 0 saturated heterocycles. The maximum Gasteiger partial charge on any atom is 0.160 e. The minimum absolute atomic E-state index is 0.0934. The van der Waals surface area contributed by atoms with E-state index in [4.69, 9.17) is 13.3 Å². The van der Waals surface area contributed by atoms with Crippen molar-refractivity contribution >= 4 is 149 Å². The Morgan fingerprint density at radius 3 is 0.659 bits per heavy atom. The highest BCUT2D eigenvalue weighted by Crippen LogP contribution is 2.55. The van der Waals surface area contributed by atoms with Crippen molar-refractivity contribution in [3.05, 3.63) is 503 Å². The maximum atomic E-state index is 6.71. The van der Waals surface area contributed by atoms with Crippen LogP contribution in [0.4, 0.5) is 51.2 Å². The van der Waals surface area contributed by atoms with Gasteiger partial charge in [0.05, 0.1) is 17.1 Å². The van der Waals surface area contributed by atoms with Gasteiger partial charge in [-0.1, -0.05) is 396 Å². The molecule has 0 N–H and O–H groups in total. The summed E-state index contributed by atoms with van der Waals surface area (Å²) in [5, 5.41) is 14.3. The smallest absolute Gasteiger partial charge is 0.160 e. The molecule has 135 heavy (non-hydrogen) atoms. The lowest BCUT2D eigenvalue weighted by molar-refractivity contribution is 0.660. The zero-order valence-electron chi connectivity index (χ0n) is 74.3. The van der Waals surface area contributed by atoms with Gasteiger partial charge in [-0.05, 0) is 242 Å². The summed E-state index contributed by atoms with van der Waals surface area (Å²) < 4.78 is 20.0. The van der Waals surface area contributed by atoms with Crippen LogP contribution in [0.2, 0.25) is 0 Å². The zero-order valence-corrected chi connectivity index (χ0v) is 74.3. The number of hydrogen-bond donors (Lipinski definition) is 0. The third-order valence-electron chi connectivity index (χ3n) is 27.5. The minimum atomic E-state index is -0.0934. The van der Waals surface area contributed by atoms with Gasteiger partial charge in [-0.25, -0.2) is 0 Å². The van der Waals surface area contributed by atoms with Gasteiger partial charge in [-0.2, -0.15) is 0 Å². The largest absolute Gasteiger partial charge is 0.454 e.